The normalized spacial score (nSPS) is 12.2. The van der Waals surface area contributed by atoms with Crippen molar-refractivity contribution >= 4 is 29.9 Å². The van der Waals surface area contributed by atoms with E-state index in [2.05, 4.69) is 40.6 Å². The number of guanidine groups is 1. The summed E-state index contributed by atoms with van der Waals surface area (Å²) in [6.45, 7) is 7.53. The van der Waals surface area contributed by atoms with Crippen molar-refractivity contribution in [2.75, 3.05) is 26.7 Å². The summed E-state index contributed by atoms with van der Waals surface area (Å²) in [4.78, 5) is 4.69. The Kier molecular flexibility index (Phi) is 10.8. The highest BCUT2D eigenvalue weighted by Crippen LogP contribution is 2.17. The molecule has 6 nitrogen and oxygen atoms in total. The molecule has 1 atom stereocenters. The largest absolute Gasteiger partial charge is 0.496 e. The molecule has 1 unspecified atom stereocenters. The molecule has 144 valence electrons. The molecule has 0 amide bonds. The van der Waals surface area contributed by atoms with E-state index in [0.717, 1.165) is 44.3 Å². The first-order chi connectivity index (χ1) is 12.2. The molecule has 7 heteroatoms. The van der Waals surface area contributed by atoms with E-state index in [9.17, 15) is 0 Å². The molecule has 0 saturated carbocycles. The van der Waals surface area contributed by atoms with Gasteiger partial charge in [0.1, 0.15) is 5.75 Å². The minimum atomic E-state index is 0. The minimum absolute atomic E-state index is 0. The number of methoxy groups -OCH3 is 1. The summed E-state index contributed by atoms with van der Waals surface area (Å²) in [6.07, 6.45) is 4.67. The maximum Gasteiger partial charge on any atom is 0.191 e. The fourth-order valence-corrected chi connectivity index (χ4v) is 2.60. The molecule has 1 aromatic heterocycles. The van der Waals surface area contributed by atoms with Gasteiger partial charge >= 0.3 is 0 Å². The molecule has 2 rings (SSSR count). The van der Waals surface area contributed by atoms with Crippen molar-refractivity contribution < 1.29 is 4.74 Å². The molecule has 0 radical (unpaired) electrons. The van der Waals surface area contributed by atoms with Gasteiger partial charge in [0, 0.05) is 38.6 Å². The highest BCUT2D eigenvalue weighted by molar-refractivity contribution is 14.0. The van der Waals surface area contributed by atoms with Crippen LogP contribution in [-0.2, 0) is 13.0 Å². The standard InChI is InChI=1S/C19H29N5O.HI/c1-4-20-19(22-14-16(2)15-24-13-7-11-23-24)21-12-10-17-8-5-6-9-18(17)25-3;/h5-9,11,13,16H,4,10,12,14-15H2,1-3H3,(H2,20,21,22);1H. The van der Waals surface area contributed by atoms with Gasteiger partial charge < -0.3 is 15.4 Å². The lowest BCUT2D eigenvalue weighted by atomic mass is 10.1. The molecule has 0 saturated heterocycles. The third-order valence-electron chi connectivity index (χ3n) is 3.84. The molecule has 1 aromatic carbocycles. The van der Waals surface area contributed by atoms with Crippen molar-refractivity contribution in [1.82, 2.24) is 20.4 Å². The zero-order valence-electron chi connectivity index (χ0n) is 15.8. The lowest BCUT2D eigenvalue weighted by molar-refractivity contribution is 0.409. The number of nitrogens with zero attached hydrogens (tertiary/aromatic N) is 3. The molecule has 0 bridgehead atoms. The minimum Gasteiger partial charge on any atom is -0.496 e. The predicted octanol–water partition coefficient (Wildman–Crippen LogP) is 2.94. The van der Waals surface area contributed by atoms with Gasteiger partial charge in [-0.3, -0.25) is 9.67 Å². The van der Waals surface area contributed by atoms with Gasteiger partial charge in [0.15, 0.2) is 5.96 Å². The predicted molar refractivity (Wildman–Crippen MR) is 117 cm³/mol. The number of hydrogen-bond acceptors (Lipinski definition) is 3. The van der Waals surface area contributed by atoms with Crippen LogP contribution in [0.4, 0.5) is 0 Å². The summed E-state index contributed by atoms with van der Waals surface area (Å²) in [5, 5.41) is 10.9. The van der Waals surface area contributed by atoms with Crippen molar-refractivity contribution in [2.45, 2.75) is 26.8 Å². The van der Waals surface area contributed by atoms with E-state index in [1.807, 2.05) is 35.1 Å². The summed E-state index contributed by atoms with van der Waals surface area (Å²) in [7, 11) is 1.71. The number of ether oxygens (including phenoxy) is 1. The topological polar surface area (TPSA) is 63.5 Å². The fraction of sp³-hybridized carbons (Fsp3) is 0.474. The van der Waals surface area contributed by atoms with E-state index in [1.54, 1.807) is 13.3 Å². The lowest BCUT2D eigenvalue weighted by Gasteiger charge is -2.14. The van der Waals surface area contributed by atoms with Gasteiger partial charge in [-0.25, -0.2) is 0 Å². The third kappa shape index (κ3) is 7.63. The van der Waals surface area contributed by atoms with Gasteiger partial charge in [-0.05, 0) is 37.0 Å². The highest BCUT2D eigenvalue weighted by Gasteiger charge is 2.05. The van der Waals surface area contributed by atoms with E-state index in [4.69, 9.17) is 4.74 Å². The van der Waals surface area contributed by atoms with Crippen molar-refractivity contribution in [2.24, 2.45) is 10.9 Å². The maximum absolute atomic E-state index is 5.40. The van der Waals surface area contributed by atoms with Crippen LogP contribution in [0.25, 0.3) is 0 Å². The number of hydrogen-bond donors (Lipinski definition) is 2. The Labute approximate surface area is 173 Å². The number of benzene rings is 1. The molecule has 0 aliphatic heterocycles. The first-order valence-corrected chi connectivity index (χ1v) is 8.84. The molecule has 0 fully saturated rings. The molecule has 26 heavy (non-hydrogen) atoms. The number of halogens is 1. The monoisotopic (exact) mass is 471 g/mol. The Balaban J connectivity index is 0.00000338. The Morgan fingerprint density at radius 1 is 1.27 bits per heavy atom. The Hall–Kier alpha value is -1.77. The second kappa shape index (κ2) is 12.6. The second-order valence-electron chi connectivity index (χ2n) is 6.04. The number of aromatic nitrogens is 2. The Morgan fingerprint density at radius 3 is 2.77 bits per heavy atom. The highest BCUT2D eigenvalue weighted by atomic mass is 127. The maximum atomic E-state index is 5.40. The van der Waals surface area contributed by atoms with E-state index >= 15 is 0 Å². The lowest BCUT2D eigenvalue weighted by Crippen LogP contribution is -2.38. The summed E-state index contributed by atoms with van der Waals surface area (Å²) in [6, 6.07) is 10.1. The van der Waals surface area contributed by atoms with E-state index < -0.39 is 0 Å². The van der Waals surface area contributed by atoms with Crippen molar-refractivity contribution in [1.29, 1.82) is 0 Å². The molecule has 2 aromatic rings. The zero-order valence-corrected chi connectivity index (χ0v) is 18.1. The van der Waals surface area contributed by atoms with Crippen molar-refractivity contribution in [3.8, 4) is 5.75 Å². The van der Waals surface area contributed by atoms with E-state index in [1.165, 1.54) is 5.56 Å². The summed E-state index contributed by atoms with van der Waals surface area (Å²) in [5.74, 6) is 2.20. The number of aliphatic imine (C=N–C) groups is 1. The van der Waals surface area contributed by atoms with Gasteiger partial charge in [-0.15, -0.1) is 24.0 Å². The van der Waals surface area contributed by atoms with Crippen LogP contribution in [0.15, 0.2) is 47.7 Å². The molecular formula is C19H30IN5O. The first-order valence-electron chi connectivity index (χ1n) is 8.84. The molecule has 0 aliphatic rings. The van der Waals surface area contributed by atoms with E-state index in [-0.39, 0.29) is 24.0 Å². The molecular weight excluding hydrogens is 441 g/mol. The smallest absolute Gasteiger partial charge is 0.191 e. The average Bonchev–Trinajstić information content (AvgIpc) is 3.13. The van der Waals surface area contributed by atoms with Crippen LogP contribution in [-0.4, -0.2) is 42.5 Å². The molecule has 1 heterocycles. The van der Waals surface area contributed by atoms with Crippen molar-refractivity contribution in [3.63, 3.8) is 0 Å². The summed E-state index contributed by atoms with van der Waals surface area (Å²) in [5.41, 5.74) is 1.19. The third-order valence-corrected chi connectivity index (χ3v) is 3.84. The number of rotatable bonds is 9. The quantitative estimate of drug-likeness (QED) is 0.336. The van der Waals surface area contributed by atoms with Gasteiger partial charge in [0.05, 0.1) is 7.11 Å². The van der Waals surface area contributed by atoms with Gasteiger partial charge in [-0.2, -0.15) is 5.10 Å². The van der Waals surface area contributed by atoms with E-state index in [0.29, 0.717) is 5.92 Å². The van der Waals surface area contributed by atoms with Crippen LogP contribution < -0.4 is 15.4 Å². The number of para-hydroxylation sites is 1. The molecule has 2 N–H and O–H groups in total. The SMILES string of the molecule is CCNC(=NCC(C)Cn1cccn1)NCCc1ccccc1OC.I. The van der Waals surface area contributed by atoms with Gasteiger partial charge in [0.2, 0.25) is 0 Å². The second-order valence-corrected chi connectivity index (χ2v) is 6.04. The van der Waals surface area contributed by atoms with Crippen LogP contribution >= 0.6 is 24.0 Å². The zero-order chi connectivity index (χ0) is 17.9. The molecule has 0 spiro atoms. The van der Waals surface area contributed by atoms with Crippen LogP contribution in [0.1, 0.15) is 19.4 Å². The van der Waals surface area contributed by atoms with Gasteiger partial charge in [0.25, 0.3) is 0 Å². The first kappa shape index (κ1) is 22.3. The van der Waals surface area contributed by atoms with Crippen LogP contribution in [0, 0.1) is 5.92 Å². The summed E-state index contributed by atoms with van der Waals surface area (Å²) >= 11 is 0. The van der Waals surface area contributed by atoms with Crippen LogP contribution in [0.2, 0.25) is 0 Å². The Bertz CT molecular complexity index is 645. The fourth-order valence-electron chi connectivity index (χ4n) is 2.60. The van der Waals surface area contributed by atoms with Crippen LogP contribution in [0.5, 0.6) is 5.75 Å². The van der Waals surface area contributed by atoms with Gasteiger partial charge in [-0.1, -0.05) is 25.1 Å². The number of nitrogens with one attached hydrogen (secondary N) is 2. The average molecular weight is 471 g/mol. The Morgan fingerprint density at radius 2 is 2.08 bits per heavy atom. The van der Waals surface area contributed by atoms with Crippen molar-refractivity contribution in [3.05, 3.63) is 48.3 Å². The molecule has 0 aliphatic carbocycles. The van der Waals surface area contributed by atoms with Crippen LogP contribution in [0.3, 0.4) is 0 Å². The summed E-state index contributed by atoms with van der Waals surface area (Å²) < 4.78 is 7.34.